The Morgan fingerprint density at radius 1 is 1.22 bits per heavy atom. The van der Waals surface area contributed by atoms with E-state index < -0.39 is 0 Å². The van der Waals surface area contributed by atoms with Crippen LogP contribution >= 0.6 is 11.3 Å². The van der Waals surface area contributed by atoms with E-state index in [1.54, 1.807) is 6.20 Å². The maximum Gasteiger partial charge on any atom is 0.263 e. The van der Waals surface area contributed by atoms with Gasteiger partial charge in [0.05, 0.1) is 18.0 Å². The Morgan fingerprint density at radius 2 is 2.11 bits per heavy atom. The van der Waals surface area contributed by atoms with E-state index in [1.807, 2.05) is 49.4 Å². The monoisotopic (exact) mass is 381 g/mol. The van der Waals surface area contributed by atoms with E-state index in [1.165, 1.54) is 11.3 Å². The Kier molecular flexibility index (Phi) is 6.54. The molecule has 0 saturated carbocycles. The average molecular weight is 382 g/mol. The molecule has 3 rings (SSSR count). The summed E-state index contributed by atoms with van der Waals surface area (Å²) in [6.07, 6.45) is 3.86. The molecular formula is C21H23N3O2S. The molecule has 0 unspecified atom stereocenters. The molecule has 0 bridgehead atoms. The van der Waals surface area contributed by atoms with Gasteiger partial charge in [0.2, 0.25) is 0 Å². The van der Waals surface area contributed by atoms with E-state index in [0.717, 1.165) is 40.6 Å². The number of unbranched alkanes of at least 4 members (excludes halogenated alkanes) is 1. The second-order valence-electron chi connectivity index (χ2n) is 6.18. The molecule has 0 saturated heterocycles. The van der Waals surface area contributed by atoms with E-state index in [-0.39, 0.29) is 5.91 Å². The standard InChI is InChI=1S/C21H23N3O2S/c1-3-4-12-26-17-9-7-8-16(13-17)14-23-20(25)19-15(2)24-21(27-19)18-10-5-6-11-22-18/h5-11,13H,3-4,12,14H2,1-2H3,(H,23,25). The Morgan fingerprint density at radius 3 is 2.89 bits per heavy atom. The first-order valence-corrected chi connectivity index (χ1v) is 9.87. The van der Waals surface area contributed by atoms with Crippen LogP contribution < -0.4 is 10.1 Å². The van der Waals surface area contributed by atoms with Crippen LogP contribution in [0.5, 0.6) is 5.75 Å². The second-order valence-corrected chi connectivity index (χ2v) is 7.18. The minimum absolute atomic E-state index is 0.121. The number of nitrogens with one attached hydrogen (secondary N) is 1. The lowest BCUT2D eigenvalue weighted by Crippen LogP contribution is -2.22. The Labute approximate surface area is 163 Å². The number of nitrogens with zero attached hydrogens (tertiary/aromatic N) is 2. The van der Waals surface area contributed by atoms with Crippen molar-refractivity contribution in [3.05, 3.63) is 64.8 Å². The lowest BCUT2D eigenvalue weighted by atomic mass is 10.2. The Bertz CT molecular complexity index is 893. The molecule has 27 heavy (non-hydrogen) atoms. The summed E-state index contributed by atoms with van der Waals surface area (Å²) in [4.78, 5) is 22.0. The first-order valence-electron chi connectivity index (χ1n) is 9.06. The average Bonchev–Trinajstić information content (AvgIpc) is 3.09. The molecule has 0 aliphatic rings. The van der Waals surface area contributed by atoms with Gasteiger partial charge in [0.25, 0.3) is 5.91 Å². The number of benzene rings is 1. The summed E-state index contributed by atoms with van der Waals surface area (Å²) >= 11 is 1.36. The molecular weight excluding hydrogens is 358 g/mol. The molecule has 140 valence electrons. The number of ether oxygens (including phenoxy) is 1. The molecule has 0 aliphatic heterocycles. The molecule has 0 atom stereocenters. The lowest BCUT2D eigenvalue weighted by Gasteiger charge is -2.08. The number of rotatable bonds is 8. The highest BCUT2D eigenvalue weighted by atomic mass is 32.1. The van der Waals surface area contributed by atoms with Gasteiger partial charge in [-0.2, -0.15) is 0 Å². The van der Waals surface area contributed by atoms with Gasteiger partial charge in [-0.3, -0.25) is 9.78 Å². The maximum absolute atomic E-state index is 12.6. The van der Waals surface area contributed by atoms with Crippen molar-refractivity contribution in [2.75, 3.05) is 6.61 Å². The van der Waals surface area contributed by atoms with Gasteiger partial charge in [0, 0.05) is 12.7 Å². The zero-order valence-electron chi connectivity index (χ0n) is 15.6. The molecule has 5 nitrogen and oxygen atoms in total. The van der Waals surface area contributed by atoms with E-state index in [4.69, 9.17) is 4.74 Å². The van der Waals surface area contributed by atoms with Crippen LogP contribution in [0.1, 0.15) is 40.7 Å². The molecule has 2 heterocycles. The highest BCUT2D eigenvalue weighted by molar-refractivity contribution is 7.17. The SMILES string of the molecule is CCCCOc1cccc(CNC(=O)c2sc(-c3ccccn3)nc2C)c1. The van der Waals surface area contributed by atoms with Crippen LogP contribution in [0.25, 0.3) is 10.7 Å². The van der Waals surface area contributed by atoms with Crippen LogP contribution in [0.3, 0.4) is 0 Å². The van der Waals surface area contributed by atoms with Crippen molar-refractivity contribution in [2.24, 2.45) is 0 Å². The van der Waals surface area contributed by atoms with Crippen molar-refractivity contribution in [1.82, 2.24) is 15.3 Å². The number of carbonyl (C=O) groups excluding carboxylic acids is 1. The van der Waals surface area contributed by atoms with Gasteiger partial charge in [0.1, 0.15) is 15.6 Å². The fourth-order valence-electron chi connectivity index (χ4n) is 2.55. The number of amides is 1. The Hall–Kier alpha value is -2.73. The predicted molar refractivity (Wildman–Crippen MR) is 108 cm³/mol. The number of carbonyl (C=O) groups is 1. The van der Waals surface area contributed by atoms with Gasteiger partial charge in [-0.25, -0.2) is 4.98 Å². The minimum Gasteiger partial charge on any atom is -0.494 e. The highest BCUT2D eigenvalue weighted by Gasteiger charge is 2.16. The van der Waals surface area contributed by atoms with Crippen molar-refractivity contribution in [2.45, 2.75) is 33.2 Å². The van der Waals surface area contributed by atoms with Crippen molar-refractivity contribution < 1.29 is 9.53 Å². The van der Waals surface area contributed by atoms with Crippen LogP contribution in [0, 0.1) is 6.92 Å². The maximum atomic E-state index is 12.6. The van der Waals surface area contributed by atoms with Gasteiger partial charge in [-0.15, -0.1) is 11.3 Å². The molecule has 1 amide bonds. The van der Waals surface area contributed by atoms with Gasteiger partial charge >= 0.3 is 0 Å². The number of aryl methyl sites for hydroxylation is 1. The lowest BCUT2D eigenvalue weighted by molar-refractivity contribution is 0.0954. The summed E-state index contributed by atoms with van der Waals surface area (Å²) in [7, 11) is 0. The number of thiazole rings is 1. The van der Waals surface area contributed by atoms with Gasteiger partial charge in [0.15, 0.2) is 0 Å². The fourth-order valence-corrected chi connectivity index (χ4v) is 3.51. The van der Waals surface area contributed by atoms with Crippen LogP contribution in [-0.2, 0) is 6.54 Å². The number of pyridine rings is 1. The Balaban J connectivity index is 1.63. The third kappa shape index (κ3) is 5.14. The molecule has 6 heteroatoms. The first kappa shape index (κ1) is 19.0. The summed E-state index contributed by atoms with van der Waals surface area (Å²) in [5.74, 6) is 0.714. The summed E-state index contributed by atoms with van der Waals surface area (Å²) < 4.78 is 5.72. The van der Waals surface area contributed by atoms with Gasteiger partial charge in [-0.1, -0.05) is 31.5 Å². The number of hydrogen-bond donors (Lipinski definition) is 1. The first-order chi connectivity index (χ1) is 13.2. The molecule has 0 aliphatic carbocycles. The molecule has 0 fully saturated rings. The largest absolute Gasteiger partial charge is 0.494 e. The van der Waals surface area contributed by atoms with E-state index in [0.29, 0.717) is 18.0 Å². The highest BCUT2D eigenvalue weighted by Crippen LogP contribution is 2.26. The van der Waals surface area contributed by atoms with Crippen molar-refractivity contribution >= 4 is 17.2 Å². The normalized spacial score (nSPS) is 10.6. The topological polar surface area (TPSA) is 64.1 Å². The molecule has 0 spiro atoms. The molecule has 2 aromatic heterocycles. The van der Waals surface area contributed by atoms with Crippen molar-refractivity contribution in [3.8, 4) is 16.5 Å². The third-order valence-corrected chi connectivity index (χ3v) is 5.18. The summed E-state index contributed by atoms with van der Waals surface area (Å²) in [6.45, 7) is 5.14. The van der Waals surface area contributed by atoms with E-state index in [2.05, 4.69) is 22.2 Å². The third-order valence-electron chi connectivity index (χ3n) is 4.00. The quantitative estimate of drug-likeness (QED) is 0.578. The van der Waals surface area contributed by atoms with Crippen molar-refractivity contribution in [3.63, 3.8) is 0 Å². The fraction of sp³-hybridized carbons (Fsp3) is 0.286. The molecule has 1 N–H and O–H groups in total. The van der Waals surface area contributed by atoms with Crippen molar-refractivity contribution in [1.29, 1.82) is 0 Å². The van der Waals surface area contributed by atoms with Crippen LogP contribution in [-0.4, -0.2) is 22.5 Å². The zero-order chi connectivity index (χ0) is 19.1. The van der Waals surface area contributed by atoms with E-state index >= 15 is 0 Å². The molecule has 3 aromatic rings. The van der Waals surface area contributed by atoms with Gasteiger partial charge in [-0.05, 0) is 43.2 Å². The molecule has 0 radical (unpaired) electrons. The van der Waals surface area contributed by atoms with Gasteiger partial charge < -0.3 is 10.1 Å². The van der Waals surface area contributed by atoms with E-state index in [9.17, 15) is 4.79 Å². The zero-order valence-corrected chi connectivity index (χ0v) is 16.4. The summed E-state index contributed by atoms with van der Waals surface area (Å²) in [5, 5.41) is 3.73. The number of aromatic nitrogens is 2. The summed E-state index contributed by atoms with van der Waals surface area (Å²) in [6, 6.07) is 13.5. The van der Waals surface area contributed by atoms with Crippen LogP contribution in [0.2, 0.25) is 0 Å². The summed E-state index contributed by atoms with van der Waals surface area (Å²) in [5.41, 5.74) is 2.50. The minimum atomic E-state index is -0.121. The predicted octanol–water partition coefficient (Wildman–Crippen LogP) is 4.62. The van der Waals surface area contributed by atoms with Crippen LogP contribution in [0.15, 0.2) is 48.7 Å². The number of hydrogen-bond acceptors (Lipinski definition) is 5. The second kappa shape index (κ2) is 9.28. The smallest absolute Gasteiger partial charge is 0.263 e. The van der Waals surface area contributed by atoms with Crippen LogP contribution in [0.4, 0.5) is 0 Å². The molecule has 1 aromatic carbocycles.